The minimum Gasteiger partial charge on any atom is -0.495 e. The predicted molar refractivity (Wildman–Crippen MR) is 101 cm³/mol. The first-order valence-electron chi connectivity index (χ1n) is 9.16. The van der Waals surface area contributed by atoms with Gasteiger partial charge >= 0.3 is 0 Å². The van der Waals surface area contributed by atoms with E-state index >= 15 is 0 Å². The fourth-order valence-electron chi connectivity index (χ4n) is 3.97. The van der Waals surface area contributed by atoms with Crippen molar-refractivity contribution in [1.29, 1.82) is 0 Å². The number of likely N-dealkylation sites (N-methyl/N-ethyl adjacent to an activating group) is 1. The third-order valence-electron chi connectivity index (χ3n) is 5.62. The van der Waals surface area contributed by atoms with Crippen molar-refractivity contribution in [3.05, 3.63) is 17.7 Å². The molecule has 1 aromatic carbocycles. The first-order valence-corrected chi connectivity index (χ1v) is 9.16. The molecule has 0 radical (unpaired) electrons. The Hall–Kier alpha value is -1.46. The minimum atomic E-state index is 0.726. The Bertz CT molecular complexity index is 547. The zero-order valence-electron chi connectivity index (χ0n) is 15.4. The summed E-state index contributed by atoms with van der Waals surface area (Å²) in [6.07, 6.45) is 2.55. The molecule has 0 amide bonds. The molecule has 0 atom stereocenters. The Morgan fingerprint density at radius 2 is 1.75 bits per heavy atom. The summed E-state index contributed by atoms with van der Waals surface area (Å²) < 4.78 is 5.40. The maximum atomic E-state index is 6.01. The quantitative estimate of drug-likeness (QED) is 0.855. The molecular formula is C19H32N4O. The summed E-state index contributed by atoms with van der Waals surface area (Å²) in [5, 5.41) is 0. The average Bonchev–Trinajstić information content (AvgIpc) is 2.58. The molecule has 3 rings (SSSR count). The molecule has 0 aliphatic carbocycles. The number of nitrogens with two attached hydrogens (primary N) is 1. The van der Waals surface area contributed by atoms with E-state index in [0.29, 0.717) is 0 Å². The molecule has 1 aromatic rings. The van der Waals surface area contributed by atoms with E-state index in [1.54, 1.807) is 7.11 Å². The van der Waals surface area contributed by atoms with Crippen LogP contribution < -0.4 is 15.4 Å². The molecule has 2 aliphatic heterocycles. The Labute approximate surface area is 146 Å². The maximum absolute atomic E-state index is 6.01. The van der Waals surface area contributed by atoms with Crippen molar-refractivity contribution in [2.75, 3.05) is 70.6 Å². The van der Waals surface area contributed by atoms with Crippen molar-refractivity contribution in [3.63, 3.8) is 0 Å². The number of nitrogens with zero attached hydrogens (tertiary/aromatic N) is 3. The number of hydrogen-bond acceptors (Lipinski definition) is 5. The zero-order chi connectivity index (χ0) is 17.1. The summed E-state index contributed by atoms with van der Waals surface area (Å²) in [4.78, 5) is 7.58. The van der Waals surface area contributed by atoms with Gasteiger partial charge in [-0.25, -0.2) is 0 Å². The van der Waals surface area contributed by atoms with Gasteiger partial charge in [-0.05, 0) is 44.4 Å². The van der Waals surface area contributed by atoms with Crippen LogP contribution in [0.3, 0.4) is 0 Å². The van der Waals surface area contributed by atoms with Crippen molar-refractivity contribution in [3.8, 4) is 5.75 Å². The van der Waals surface area contributed by atoms with Crippen LogP contribution in [0.25, 0.3) is 0 Å². The third kappa shape index (κ3) is 3.95. The number of piperazine rings is 1. The van der Waals surface area contributed by atoms with E-state index in [1.165, 1.54) is 56.8 Å². The highest BCUT2D eigenvalue weighted by Crippen LogP contribution is 2.33. The summed E-state index contributed by atoms with van der Waals surface area (Å²) in [5.74, 6) is 1.62. The van der Waals surface area contributed by atoms with Gasteiger partial charge in [0.15, 0.2) is 0 Å². The Morgan fingerprint density at radius 3 is 2.38 bits per heavy atom. The Balaban J connectivity index is 1.55. The highest BCUT2D eigenvalue weighted by atomic mass is 16.5. The van der Waals surface area contributed by atoms with Gasteiger partial charge in [-0.3, -0.25) is 0 Å². The third-order valence-corrected chi connectivity index (χ3v) is 5.62. The lowest BCUT2D eigenvalue weighted by molar-refractivity contribution is 0.129. The van der Waals surface area contributed by atoms with Crippen LogP contribution in [-0.4, -0.2) is 69.8 Å². The lowest BCUT2D eigenvalue weighted by Crippen LogP contribution is -2.47. The lowest BCUT2D eigenvalue weighted by atomic mass is 9.95. The number of aryl methyl sites for hydroxylation is 1. The fraction of sp³-hybridized carbons (Fsp3) is 0.684. The van der Waals surface area contributed by atoms with Crippen LogP contribution in [0.2, 0.25) is 0 Å². The van der Waals surface area contributed by atoms with E-state index in [4.69, 9.17) is 10.5 Å². The van der Waals surface area contributed by atoms with Crippen LogP contribution in [0.4, 0.5) is 11.4 Å². The summed E-state index contributed by atoms with van der Waals surface area (Å²) >= 11 is 0. The molecule has 5 nitrogen and oxygen atoms in total. The van der Waals surface area contributed by atoms with Gasteiger partial charge in [-0.15, -0.1) is 0 Å². The zero-order valence-corrected chi connectivity index (χ0v) is 15.4. The first-order chi connectivity index (χ1) is 11.6. The van der Waals surface area contributed by atoms with Crippen molar-refractivity contribution < 1.29 is 4.74 Å². The van der Waals surface area contributed by atoms with E-state index in [0.717, 1.165) is 30.4 Å². The van der Waals surface area contributed by atoms with Crippen LogP contribution >= 0.6 is 0 Å². The second kappa shape index (κ2) is 7.62. The van der Waals surface area contributed by atoms with Crippen LogP contribution in [0.15, 0.2) is 12.1 Å². The van der Waals surface area contributed by atoms with Gasteiger partial charge < -0.3 is 25.2 Å². The molecule has 0 saturated carbocycles. The smallest absolute Gasteiger partial charge is 0.143 e. The van der Waals surface area contributed by atoms with E-state index in [-0.39, 0.29) is 0 Å². The van der Waals surface area contributed by atoms with E-state index in [1.807, 2.05) is 6.07 Å². The Kier molecular flexibility index (Phi) is 5.51. The summed E-state index contributed by atoms with van der Waals surface area (Å²) in [6, 6.07) is 4.13. The monoisotopic (exact) mass is 332 g/mol. The molecule has 2 aliphatic rings. The molecule has 0 unspecified atom stereocenters. The number of ether oxygens (including phenoxy) is 1. The second-order valence-electron chi connectivity index (χ2n) is 7.41. The fourth-order valence-corrected chi connectivity index (χ4v) is 3.97. The highest BCUT2D eigenvalue weighted by Gasteiger charge is 2.24. The lowest BCUT2D eigenvalue weighted by Gasteiger charge is -2.39. The number of hydrogen-bond donors (Lipinski definition) is 1. The van der Waals surface area contributed by atoms with Gasteiger partial charge in [0.2, 0.25) is 0 Å². The van der Waals surface area contributed by atoms with E-state index in [2.05, 4.69) is 34.7 Å². The average molecular weight is 332 g/mol. The number of piperidine rings is 1. The number of anilines is 2. The largest absolute Gasteiger partial charge is 0.495 e. The summed E-state index contributed by atoms with van der Waals surface area (Å²) in [5.41, 5.74) is 9.26. The van der Waals surface area contributed by atoms with Crippen LogP contribution in [0.1, 0.15) is 18.4 Å². The maximum Gasteiger partial charge on any atom is 0.143 e. The molecule has 5 heteroatoms. The standard InChI is InChI=1S/C19H32N4O/c1-15-12-17(20)19(24-3)13-18(15)23-6-4-16(5-7-23)14-22-10-8-21(2)9-11-22/h12-13,16H,4-11,14,20H2,1-3H3. The van der Waals surface area contributed by atoms with E-state index < -0.39 is 0 Å². The second-order valence-corrected chi connectivity index (χ2v) is 7.41. The summed E-state index contributed by atoms with van der Waals surface area (Å²) in [7, 11) is 3.91. The van der Waals surface area contributed by atoms with Gasteiger partial charge in [-0.1, -0.05) is 0 Å². The number of nitrogen functional groups attached to an aromatic ring is 1. The van der Waals surface area contributed by atoms with Gasteiger partial charge in [0, 0.05) is 57.6 Å². The predicted octanol–water partition coefficient (Wildman–Crippen LogP) is 2.05. The van der Waals surface area contributed by atoms with Crippen LogP contribution in [-0.2, 0) is 0 Å². The molecule has 2 fully saturated rings. The highest BCUT2D eigenvalue weighted by molar-refractivity contribution is 5.66. The molecular weight excluding hydrogens is 300 g/mol. The van der Waals surface area contributed by atoms with Gasteiger partial charge in [0.05, 0.1) is 12.8 Å². The van der Waals surface area contributed by atoms with Gasteiger partial charge in [-0.2, -0.15) is 0 Å². The number of benzene rings is 1. The SMILES string of the molecule is COc1cc(N2CCC(CN3CCN(C)CC3)CC2)c(C)cc1N. The number of rotatable bonds is 4. The molecule has 134 valence electrons. The van der Waals surface area contributed by atoms with Crippen LogP contribution in [0.5, 0.6) is 5.75 Å². The molecule has 2 N–H and O–H groups in total. The topological polar surface area (TPSA) is 45.0 Å². The summed E-state index contributed by atoms with van der Waals surface area (Å²) in [6.45, 7) is 10.5. The normalized spacial score (nSPS) is 21.2. The van der Waals surface area contributed by atoms with Gasteiger partial charge in [0.25, 0.3) is 0 Å². The van der Waals surface area contributed by atoms with Crippen molar-refractivity contribution >= 4 is 11.4 Å². The molecule has 24 heavy (non-hydrogen) atoms. The van der Waals surface area contributed by atoms with Crippen molar-refractivity contribution in [2.45, 2.75) is 19.8 Å². The molecule has 0 bridgehead atoms. The van der Waals surface area contributed by atoms with Crippen molar-refractivity contribution in [2.24, 2.45) is 5.92 Å². The molecule has 2 saturated heterocycles. The van der Waals surface area contributed by atoms with Crippen LogP contribution in [0, 0.1) is 12.8 Å². The minimum absolute atomic E-state index is 0.726. The Morgan fingerprint density at radius 1 is 1.08 bits per heavy atom. The number of methoxy groups -OCH3 is 1. The first kappa shape index (κ1) is 17.4. The van der Waals surface area contributed by atoms with Gasteiger partial charge in [0.1, 0.15) is 5.75 Å². The van der Waals surface area contributed by atoms with E-state index in [9.17, 15) is 0 Å². The molecule has 0 spiro atoms. The molecule has 0 aromatic heterocycles. The molecule has 2 heterocycles. The van der Waals surface area contributed by atoms with Crippen molar-refractivity contribution in [1.82, 2.24) is 9.80 Å².